The summed E-state index contributed by atoms with van der Waals surface area (Å²) in [5, 5.41) is 0. The number of carbonyl (C=O) groups is 1. The van der Waals surface area contributed by atoms with Gasteiger partial charge in [-0.2, -0.15) is 17.0 Å². The lowest BCUT2D eigenvalue weighted by Crippen LogP contribution is -2.52. The van der Waals surface area contributed by atoms with E-state index in [0.29, 0.717) is 26.2 Å². The summed E-state index contributed by atoms with van der Waals surface area (Å²) >= 11 is 1.59. The van der Waals surface area contributed by atoms with Crippen LogP contribution in [-0.2, 0) is 23.1 Å². The summed E-state index contributed by atoms with van der Waals surface area (Å²) in [7, 11) is -0.341. The first kappa shape index (κ1) is 19.4. The van der Waals surface area contributed by atoms with Crippen LogP contribution >= 0.6 is 11.3 Å². The largest absolute Gasteiger partial charge is 0.335 e. The molecule has 1 saturated heterocycles. The van der Waals surface area contributed by atoms with Gasteiger partial charge in [0.15, 0.2) is 0 Å². The molecular weight excluding hydrogens is 346 g/mol. The van der Waals surface area contributed by atoms with Crippen molar-refractivity contribution in [2.45, 2.75) is 33.1 Å². The van der Waals surface area contributed by atoms with Crippen LogP contribution in [0.25, 0.3) is 0 Å². The van der Waals surface area contributed by atoms with Crippen LogP contribution in [0.5, 0.6) is 0 Å². The zero-order chi connectivity index (χ0) is 17.9. The molecular formula is C16H27N3O3S2. The van der Waals surface area contributed by atoms with Gasteiger partial charge in [-0.15, -0.1) is 11.3 Å². The molecule has 1 aromatic rings. The van der Waals surface area contributed by atoms with Crippen molar-refractivity contribution in [1.29, 1.82) is 0 Å². The first-order chi connectivity index (χ1) is 11.3. The molecule has 8 heteroatoms. The summed E-state index contributed by atoms with van der Waals surface area (Å²) in [6.45, 7) is 5.83. The highest BCUT2D eigenvalue weighted by Crippen LogP contribution is 2.26. The predicted octanol–water partition coefficient (Wildman–Crippen LogP) is 1.83. The van der Waals surface area contributed by atoms with Gasteiger partial charge >= 0.3 is 0 Å². The average molecular weight is 374 g/mol. The fraction of sp³-hybridized carbons (Fsp3) is 0.688. The zero-order valence-corrected chi connectivity index (χ0v) is 16.5. The number of hydrogen-bond acceptors (Lipinski definition) is 4. The minimum atomic E-state index is -3.40. The number of nitrogens with zero attached hydrogens (tertiary/aromatic N) is 3. The molecule has 136 valence electrons. The second-order valence-corrected chi connectivity index (χ2v) is 9.42. The maximum absolute atomic E-state index is 12.7. The molecule has 24 heavy (non-hydrogen) atoms. The maximum Gasteiger partial charge on any atom is 0.281 e. The van der Waals surface area contributed by atoms with Crippen LogP contribution in [0.15, 0.2) is 6.07 Å². The highest BCUT2D eigenvalue weighted by molar-refractivity contribution is 7.86. The van der Waals surface area contributed by atoms with Crippen molar-refractivity contribution in [2.24, 2.45) is 0 Å². The van der Waals surface area contributed by atoms with E-state index in [1.165, 1.54) is 33.1 Å². The molecule has 0 saturated carbocycles. The van der Waals surface area contributed by atoms with Crippen LogP contribution in [0.1, 0.15) is 40.4 Å². The lowest BCUT2D eigenvalue weighted by Gasteiger charge is -2.34. The van der Waals surface area contributed by atoms with Crippen molar-refractivity contribution in [2.75, 3.05) is 40.3 Å². The lowest BCUT2D eigenvalue weighted by molar-refractivity contribution is 0.0700. The Hall–Kier alpha value is -0.960. The Balaban J connectivity index is 2.05. The Morgan fingerprint density at radius 3 is 2.33 bits per heavy atom. The van der Waals surface area contributed by atoms with Crippen molar-refractivity contribution in [3.8, 4) is 0 Å². The SMILES string of the molecule is CCCc1sc(C(=O)N2CCN(S(=O)(=O)N(C)C)CC2)cc1CC. The number of amides is 1. The summed E-state index contributed by atoms with van der Waals surface area (Å²) < 4.78 is 26.9. The Morgan fingerprint density at radius 1 is 1.21 bits per heavy atom. The van der Waals surface area contributed by atoms with Gasteiger partial charge in [0.05, 0.1) is 4.88 Å². The Morgan fingerprint density at radius 2 is 1.83 bits per heavy atom. The van der Waals surface area contributed by atoms with Gasteiger partial charge in [0, 0.05) is 45.2 Å². The molecule has 0 radical (unpaired) electrons. The summed E-state index contributed by atoms with van der Waals surface area (Å²) in [5.41, 5.74) is 1.26. The monoisotopic (exact) mass is 373 g/mol. The first-order valence-corrected chi connectivity index (χ1v) is 10.6. The normalized spacial score (nSPS) is 16.8. The smallest absolute Gasteiger partial charge is 0.281 e. The summed E-state index contributed by atoms with van der Waals surface area (Å²) in [5.74, 6) is 0.0268. The van der Waals surface area contributed by atoms with Crippen molar-refractivity contribution in [3.05, 3.63) is 21.4 Å². The molecule has 0 spiro atoms. The van der Waals surface area contributed by atoms with Crippen LogP contribution < -0.4 is 0 Å². The zero-order valence-electron chi connectivity index (χ0n) is 14.9. The van der Waals surface area contributed by atoms with Crippen molar-refractivity contribution >= 4 is 27.5 Å². The van der Waals surface area contributed by atoms with Crippen molar-refractivity contribution in [3.63, 3.8) is 0 Å². The number of hydrogen-bond donors (Lipinski definition) is 0. The number of aryl methyl sites for hydroxylation is 2. The van der Waals surface area contributed by atoms with E-state index in [1.54, 1.807) is 16.2 Å². The topological polar surface area (TPSA) is 60.9 Å². The van der Waals surface area contributed by atoms with Gasteiger partial charge < -0.3 is 4.90 Å². The van der Waals surface area contributed by atoms with Gasteiger partial charge in [0.2, 0.25) is 0 Å². The molecule has 2 heterocycles. The lowest BCUT2D eigenvalue weighted by atomic mass is 10.1. The van der Waals surface area contributed by atoms with E-state index in [-0.39, 0.29) is 5.91 Å². The Labute approximate surface area is 149 Å². The quantitative estimate of drug-likeness (QED) is 0.764. The average Bonchev–Trinajstić information content (AvgIpc) is 2.97. The van der Waals surface area contributed by atoms with E-state index in [1.807, 2.05) is 6.07 Å². The van der Waals surface area contributed by atoms with Crippen LogP contribution in [0.3, 0.4) is 0 Å². The van der Waals surface area contributed by atoms with Crippen molar-refractivity contribution in [1.82, 2.24) is 13.5 Å². The minimum Gasteiger partial charge on any atom is -0.335 e. The van der Waals surface area contributed by atoms with E-state index in [9.17, 15) is 13.2 Å². The molecule has 6 nitrogen and oxygen atoms in total. The van der Waals surface area contributed by atoms with Gasteiger partial charge in [-0.05, 0) is 24.5 Å². The molecule has 1 fully saturated rings. The molecule has 1 aliphatic rings. The van der Waals surface area contributed by atoms with Gasteiger partial charge in [-0.25, -0.2) is 0 Å². The highest BCUT2D eigenvalue weighted by Gasteiger charge is 2.31. The third-order valence-electron chi connectivity index (χ3n) is 4.28. The second kappa shape index (κ2) is 7.95. The van der Waals surface area contributed by atoms with Crippen molar-refractivity contribution < 1.29 is 13.2 Å². The molecule has 1 amide bonds. The number of thiophene rings is 1. The van der Waals surface area contributed by atoms with E-state index < -0.39 is 10.2 Å². The molecule has 0 aliphatic carbocycles. The molecule has 1 aromatic heterocycles. The molecule has 0 atom stereocenters. The molecule has 0 bridgehead atoms. The maximum atomic E-state index is 12.7. The van der Waals surface area contributed by atoms with Crippen LogP contribution in [0.2, 0.25) is 0 Å². The number of rotatable bonds is 6. The van der Waals surface area contributed by atoms with Crippen LogP contribution in [0, 0.1) is 0 Å². The first-order valence-electron chi connectivity index (χ1n) is 8.39. The van der Waals surface area contributed by atoms with E-state index in [2.05, 4.69) is 13.8 Å². The van der Waals surface area contributed by atoms with Gasteiger partial charge in [0.25, 0.3) is 16.1 Å². The summed E-state index contributed by atoms with van der Waals surface area (Å²) in [6, 6.07) is 2.01. The Kier molecular flexibility index (Phi) is 6.41. The van der Waals surface area contributed by atoms with Gasteiger partial charge in [0.1, 0.15) is 0 Å². The summed E-state index contributed by atoms with van der Waals surface area (Å²) in [6.07, 6.45) is 3.02. The Bertz CT molecular complexity index is 675. The predicted molar refractivity (Wildman–Crippen MR) is 97.8 cm³/mol. The minimum absolute atomic E-state index is 0.0268. The number of carbonyl (C=O) groups excluding carboxylic acids is 1. The summed E-state index contributed by atoms with van der Waals surface area (Å²) in [4.78, 5) is 16.6. The molecule has 0 N–H and O–H groups in total. The van der Waals surface area contributed by atoms with E-state index in [0.717, 1.165) is 24.1 Å². The molecule has 0 aromatic carbocycles. The van der Waals surface area contributed by atoms with Gasteiger partial charge in [-0.1, -0.05) is 20.3 Å². The molecule has 1 aliphatic heterocycles. The van der Waals surface area contributed by atoms with E-state index >= 15 is 0 Å². The molecule has 0 unspecified atom stereocenters. The third-order valence-corrected chi connectivity index (χ3v) is 7.44. The van der Waals surface area contributed by atoms with Crippen LogP contribution in [-0.4, -0.2) is 68.1 Å². The van der Waals surface area contributed by atoms with Crippen LogP contribution in [0.4, 0.5) is 0 Å². The molecule has 2 rings (SSSR count). The fourth-order valence-corrected chi connectivity index (χ4v) is 5.23. The van der Waals surface area contributed by atoms with E-state index in [4.69, 9.17) is 0 Å². The highest BCUT2D eigenvalue weighted by atomic mass is 32.2. The fourth-order valence-electron chi connectivity index (χ4n) is 2.82. The number of piperazine rings is 1. The third kappa shape index (κ3) is 3.99. The standard InChI is InChI=1S/C16H27N3O3S2/c1-5-7-14-13(6-2)12-15(23-14)16(20)18-8-10-19(11-9-18)24(21,22)17(3)4/h12H,5-11H2,1-4H3. The van der Waals surface area contributed by atoms with Gasteiger partial charge in [-0.3, -0.25) is 4.79 Å². The second-order valence-electron chi connectivity index (χ2n) is 6.14.